The normalized spacial score (nSPS) is 11.4. The summed E-state index contributed by atoms with van der Waals surface area (Å²) in [4.78, 5) is 23.8. The van der Waals surface area contributed by atoms with Gasteiger partial charge in [0.25, 0.3) is 0 Å². The Morgan fingerprint density at radius 2 is 1.25 bits per heavy atom. The fraction of sp³-hybridized carbons (Fsp3) is 0.781. The largest absolute Gasteiger partial charge is 1.00 e. The fourth-order valence-electron chi connectivity index (χ4n) is 4.54. The molecule has 8 heteroatoms. The monoisotopic (exact) mass is 584 g/mol. The first-order valence-corrected chi connectivity index (χ1v) is 15.7. The average Bonchev–Trinajstić information content (AvgIpc) is 2.95. The van der Waals surface area contributed by atoms with E-state index in [-0.39, 0.29) is 31.6 Å². The number of hydrogen-bond acceptors (Lipinski definition) is 5. The maximum atomic E-state index is 12.1. The Morgan fingerprint density at radius 1 is 0.725 bits per heavy atom. The summed E-state index contributed by atoms with van der Waals surface area (Å²) in [6, 6.07) is 5.87. The Morgan fingerprint density at radius 3 is 1.77 bits per heavy atom. The molecule has 0 aliphatic carbocycles. The van der Waals surface area contributed by atoms with Crippen LogP contribution in [0.15, 0.2) is 30.6 Å². The molecule has 40 heavy (non-hydrogen) atoms. The van der Waals surface area contributed by atoms with Gasteiger partial charge < -0.3 is 31.9 Å². The van der Waals surface area contributed by atoms with Gasteiger partial charge in [-0.25, -0.2) is 9.36 Å². The van der Waals surface area contributed by atoms with Crippen LogP contribution < -0.4 is 22.3 Å². The van der Waals surface area contributed by atoms with Crippen LogP contribution in [0.25, 0.3) is 0 Å². The first kappa shape index (κ1) is 38.1. The molecule has 232 valence electrons. The Hall–Kier alpha value is -1.86. The van der Waals surface area contributed by atoms with Crippen molar-refractivity contribution < 1.29 is 40.8 Å². The van der Waals surface area contributed by atoms with Crippen LogP contribution >= 0.6 is 0 Å². The van der Waals surface area contributed by atoms with Gasteiger partial charge in [-0.1, -0.05) is 109 Å². The van der Waals surface area contributed by atoms with E-state index in [1.807, 2.05) is 35.2 Å². The standard InChI is InChI=1S/C32H56N2O5.ClH/c1-3-4-5-6-7-8-9-10-11-12-13-14-15-16-17-21-27-37-28-30(39-32(36)33-2)29-38-31(35)23-22-26-34-24-19-18-20-25-34;/h18-20,24-25,30H,3-17,21-23,26-29H2,1-2H3;1H. The van der Waals surface area contributed by atoms with Crippen LogP contribution in [0.3, 0.4) is 0 Å². The summed E-state index contributed by atoms with van der Waals surface area (Å²) in [6.45, 7) is 3.87. The molecular formula is C32H57ClN2O5. The minimum Gasteiger partial charge on any atom is -1.00 e. The molecule has 1 unspecified atom stereocenters. The number of unbranched alkanes of at least 4 members (excludes halogenated alkanes) is 15. The second kappa shape index (κ2) is 28.7. The predicted octanol–water partition coefficient (Wildman–Crippen LogP) is 4.30. The molecule has 0 aliphatic rings. The van der Waals surface area contributed by atoms with Crippen molar-refractivity contribution in [3.63, 3.8) is 0 Å². The van der Waals surface area contributed by atoms with Crippen LogP contribution in [0.2, 0.25) is 0 Å². The molecule has 1 heterocycles. The molecular weight excluding hydrogens is 528 g/mol. The zero-order valence-electron chi connectivity index (χ0n) is 25.4. The molecule has 7 nitrogen and oxygen atoms in total. The predicted molar refractivity (Wildman–Crippen MR) is 157 cm³/mol. The van der Waals surface area contributed by atoms with E-state index >= 15 is 0 Å². The van der Waals surface area contributed by atoms with Gasteiger partial charge in [0.05, 0.1) is 13.0 Å². The summed E-state index contributed by atoms with van der Waals surface area (Å²) in [7, 11) is 1.50. The molecule has 0 saturated carbocycles. The van der Waals surface area contributed by atoms with Crippen LogP contribution in [0.5, 0.6) is 0 Å². The number of nitrogens with one attached hydrogen (secondary N) is 1. The van der Waals surface area contributed by atoms with Gasteiger partial charge in [0.1, 0.15) is 13.2 Å². The summed E-state index contributed by atoms with van der Waals surface area (Å²) in [5.74, 6) is -0.296. The molecule has 0 saturated heterocycles. The number of amides is 1. The van der Waals surface area contributed by atoms with Crippen molar-refractivity contribution in [3.8, 4) is 0 Å². The summed E-state index contributed by atoms with van der Waals surface area (Å²) in [6.07, 6.45) is 25.1. The third-order valence-corrected chi connectivity index (χ3v) is 6.93. The molecule has 1 amide bonds. The number of ether oxygens (including phenoxy) is 3. The number of nitrogens with zero attached hydrogens (tertiary/aromatic N) is 1. The van der Waals surface area contributed by atoms with Gasteiger partial charge >= 0.3 is 12.1 Å². The summed E-state index contributed by atoms with van der Waals surface area (Å²) >= 11 is 0. The SMILES string of the molecule is CCCCCCCCCCCCCCCCCCOCC(COC(=O)CCC[n+]1ccccc1)OC(=O)NC.[Cl-]. The maximum absolute atomic E-state index is 12.1. The molecule has 0 bridgehead atoms. The molecule has 1 atom stereocenters. The van der Waals surface area contributed by atoms with Gasteiger partial charge in [0.2, 0.25) is 0 Å². The second-order valence-electron chi connectivity index (χ2n) is 10.6. The highest BCUT2D eigenvalue weighted by Gasteiger charge is 2.17. The van der Waals surface area contributed by atoms with Crippen molar-refractivity contribution >= 4 is 12.1 Å². The number of alkyl carbamates (subject to hydrolysis) is 1. The van der Waals surface area contributed by atoms with Crippen molar-refractivity contribution in [2.24, 2.45) is 0 Å². The average molecular weight is 585 g/mol. The van der Waals surface area contributed by atoms with E-state index in [0.717, 1.165) is 19.4 Å². The number of halogens is 1. The highest BCUT2D eigenvalue weighted by molar-refractivity contribution is 5.69. The van der Waals surface area contributed by atoms with Gasteiger partial charge in [-0.3, -0.25) is 4.79 Å². The number of aryl methyl sites for hydroxylation is 1. The lowest BCUT2D eigenvalue weighted by Gasteiger charge is -2.18. The van der Waals surface area contributed by atoms with E-state index in [0.29, 0.717) is 19.4 Å². The van der Waals surface area contributed by atoms with Crippen molar-refractivity contribution in [1.82, 2.24) is 5.32 Å². The van der Waals surface area contributed by atoms with E-state index in [1.54, 1.807) is 0 Å². The van der Waals surface area contributed by atoms with Crippen molar-refractivity contribution in [3.05, 3.63) is 30.6 Å². The Kier molecular flexibility index (Phi) is 27.3. The Balaban J connectivity index is 0.0000152. The van der Waals surface area contributed by atoms with Gasteiger partial charge in [-0.2, -0.15) is 0 Å². The lowest BCUT2D eigenvalue weighted by atomic mass is 10.0. The van der Waals surface area contributed by atoms with E-state index in [9.17, 15) is 9.59 Å². The van der Waals surface area contributed by atoms with Gasteiger partial charge in [-0.15, -0.1) is 0 Å². The molecule has 0 radical (unpaired) electrons. The number of pyridine rings is 1. The van der Waals surface area contributed by atoms with Crippen molar-refractivity contribution in [2.75, 3.05) is 26.9 Å². The molecule has 1 aromatic rings. The molecule has 0 aliphatic heterocycles. The van der Waals surface area contributed by atoms with E-state index in [2.05, 4.69) is 12.2 Å². The zero-order chi connectivity index (χ0) is 28.2. The molecule has 0 spiro atoms. The second-order valence-corrected chi connectivity index (χ2v) is 10.6. The Bertz CT molecular complexity index is 708. The minimum atomic E-state index is -0.613. The lowest BCUT2D eigenvalue weighted by Crippen LogP contribution is -3.00. The summed E-state index contributed by atoms with van der Waals surface area (Å²) in [5.41, 5.74) is 0. The Labute approximate surface area is 250 Å². The zero-order valence-corrected chi connectivity index (χ0v) is 26.1. The van der Waals surface area contributed by atoms with Crippen molar-refractivity contribution in [2.45, 2.75) is 135 Å². The number of hydrogen-bond donors (Lipinski definition) is 1. The quantitative estimate of drug-likeness (QED) is 0.0998. The number of rotatable bonds is 26. The number of esters is 1. The molecule has 0 aromatic carbocycles. The highest BCUT2D eigenvalue weighted by atomic mass is 35.5. The third-order valence-electron chi connectivity index (χ3n) is 6.93. The van der Waals surface area contributed by atoms with Crippen LogP contribution in [0.1, 0.15) is 122 Å². The van der Waals surface area contributed by atoms with Crippen LogP contribution in [0, 0.1) is 0 Å². The van der Waals surface area contributed by atoms with E-state index in [4.69, 9.17) is 14.2 Å². The summed E-state index contributed by atoms with van der Waals surface area (Å²) in [5, 5.41) is 2.44. The van der Waals surface area contributed by atoms with Crippen molar-refractivity contribution in [1.29, 1.82) is 0 Å². The van der Waals surface area contributed by atoms with E-state index < -0.39 is 12.2 Å². The lowest BCUT2D eigenvalue weighted by molar-refractivity contribution is -0.697. The highest BCUT2D eigenvalue weighted by Crippen LogP contribution is 2.13. The summed E-state index contributed by atoms with van der Waals surface area (Å²) < 4.78 is 18.4. The maximum Gasteiger partial charge on any atom is 0.407 e. The van der Waals surface area contributed by atoms with Crippen LogP contribution in [-0.2, 0) is 25.5 Å². The molecule has 1 aromatic heterocycles. The van der Waals surface area contributed by atoms with Crippen LogP contribution in [0.4, 0.5) is 4.79 Å². The number of aromatic nitrogens is 1. The smallest absolute Gasteiger partial charge is 0.407 e. The first-order chi connectivity index (χ1) is 19.2. The fourth-order valence-corrected chi connectivity index (χ4v) is 4.54. The van der Waals surface area contributed by atoms with E-state index in [1.165, 1.54) is 96.9 Å². The van der Waals surface area contributed by atoms with Gasteiger partial charge in [0, 0.05) is 32.2 Å². The molecule has 1 rings (SSSR count). The minimum absolute atomic E-state index is 0. The van der Waals surface area contributed by atoms with Gasteiger partial charge in [0.15, 0.2) is 18.5 Å². The molecule has 0 fully saturated rings. The van der Waals surface area contributed by atoms with Gasteiger partial charge in [-0.05, 0) is 6.42 Å². The molecule has 1 N–H and O–H groups in total. The number of carbonyl (C=O) groups excluding carboxylic acids is 2. The topological polar surface area (TPSA) is 77.7 Å². The number of carbonyl (C=O) groups is 2. The van der Waals surface area contributed by atoms with Crippen LogP contribution in [-0.4, -0.2) is 45.0 Å². The first-order valence-electron chi connectivity index (χ1n) is 15.7. The third kappa shape index (κ3) is 24.0.